The van der Waals surface area contributed by atoms with E-state index in [-0.39, 0.29) is 11.9 Å². The first-order valence-corrected chi connectivity index (χ1v) is 9.92. The number of rotatable bonds is 3. The maximum Gasteiger partial charge on any atom is 0.270 e. The summed E-state index contributed by atoms with van der Waals surface area (Å²) in [5, 5.41) is 6.50. The van der Waals surface area contributed by atoms with E-state index in [1.807, 2.05) is 18.2 Å². The molecule has 3 aromatic rings. The third-order valence-electron chi connectivity index (χ3n) is 5.46. The van der Waals surface area contributed by atoms with Crippen LogP contribution in [0.2, 0.25) is 0 Å². The van der Waals surface area contributed by atoms with E-state index < -0.39 is 0 Å². The van der Waals surface area contributed by atoms with Crippen LogP contribution in [0, 0.1) is 0 Å². The van der Waals surface area contributed by atoms with Crippen LogP contribution in [0.15, 0.2) is 54.9 Å². The van der Waals surface area contributed by atoms with Gasteiger partial charge in [0, 0.05) is 55.7 Å². The third-order valence-corrected chi connectivity index (χ3v) is 5.46. The van der Waals surface area contributed by atoms with Gasteiger partial charge in [0.1, 0.15) is 11.5 Å². The molecule has 0 saturated carbocycles. The van der Waals surface area contributed by atoms with Crippen LogP contribution in [-0.2, 0) is 6.42 Å². The van der Waals surface area contributed by atoms with E-state index in [1.54, 1.807) is 12.4 Å². The Balaban J connectivity index is 1.56. The van der Waals surface area contributed by atoms with E-state index >= 15 is 0 Å². The standard InChI is InChI=1S/C22H22N6O/c29-22-19-17(8-10-25-22)21(27-20(26-19)16-7-4-9-23-13-16)28-12-11-24-18(14-28)15-5-2-1-3-6-15/h1-7,9,13,18,24H,8,10-12,14H2,(H,25,29). The number of aromatic nitrogens is 3. The summed E-state index contributed by atoms with van der Waals surface area (Å²) >= 11 is 0. The molecule has 0 radical (unpaired) electrons. The molecule has 1 fully saturated rings. The van der Waals surface area contributed by atoms with Crippen molar-refractivity contribution in [3.8, 4) is 11.4 Å². The average Bonchev–Trinajstić information content (AvgIpc) is 2.80. The fourth-order valence-corrected chi connectivity index (χ4v) is 4.01. The first-order chi connectivity index (χ1) is 14.3. The molecule has 1 aromatic carbocycles. The summed E-state index contributed by atoms with van der Waals surface area (Å²) in [4.78, 5) is 28.5. The molecule has 1 saturated heterocycles. The van der Waals surface area contributed by atoms with Crippen molar-refractivity contribution in [3.63, 3.8) is 0 Å². The Kier molecular flexibility index (Phi) is 4.65. The first kappa shape index (κ1) is 17.8. The second kappa shape index (κ2) is 7.60. The van der Waals surface area contributed by atoms with Crippen molar-refractivity contribution >= 4 is 11.7 Å². The van der Waals surface area contributed by atoms with Gasteiger partial charge in [-0.25, -0.2) is 9.97 Å². The summed E-state index contributed by atoms with van der Waals surface area (Å²) in [6.45, 7) is 3.10. The number of nitrogens with one attached hydrogen (secondary N) is 2. The number of hydrogen-bond donors (Lipinski definition) is 2. The lowest BCUT2D eigenvalue weighted by Crippen LogP contribution is -2.47. The normalized spacial score (nSPS) is 18.8. The molecule has 0 spiro atoms. The van der Waals surface area contributed by atoms with Gasteiger partial charge in [-0.3, -0.25) is 9.78 Å². The SMILES string of the molecule is O=C1NCCc2c1nc(-c1cccnc1)nc2N1CCNC(c2ccccc2)C1. The van der Waals surface area contributed by atoms with Crippen LogP contribution in [-0.4, -0.2) is 47.0 Å². The summed E-state index contributed by atoms with van der Waals surface area (Å²) in [6, 6.07) is 14.4. The van der Waals surface area contributed by atoms with Gasteiger partial charge in [0.15, 0.2) is 5.82 Å². The predicted molar refractivity (Wildman–Crippen MR) is 111 cm³/mol. The molecule has 2 aromatic heterocycles. The molecule has 146 valence electrons. The Labute approximate surface area is 169 Å². The fraction of sp³-hybridized carbons (Fsp3) is 0.273. The van der Waals surface area contributed by atoms with Crippen LogP contribution in [0.1, 0.15) is 27.7 Å². The van der Waals surface area contributed by atoms with Gasteiger partial charge in [0.2, 0.25) is 0 Å². The van der Waals surface area contributed by atoms with Crippen LogP contribution in [0.4, 0.5) is 5.82 Å². The summed E-state index contributed by atoms with van der Waals surface area (Å²) < 4.78 is 0. The molecule has 1 atom stereocenters. The molecule has 7 nitrogen and oxygen atoms in total. The summed E-state index contributed by atoms with van der Waals surface area (Å²) in [5.74, 6) is 1.28. The molecule has 1 amide bonds. The fourth-order valence-electron chi connectivity index (χ4n) is 4.01. The Morgan fingerprint density at radius 2 is 1.93 bits per heavy atom. The number of pyridine rings is 1. The quantitative estimate of drug-likeness (QED) is 0.716. The molecule has 2 N–H and O–H groups in total. The lowest BCUT2D eigenvalue weighted by Gasteiger charge is -2.36. The van der Waals surface area contributed by atoms with Gasteiger partial charge in [-0.2, -0.15) is 0 Å². The molecule has 2 aliphatic rings. The minimum absolute atomic E-state index is 0.130. The van der Waals surface area contributed by atoms with Gasteiger partial charge < -0.3 is 15.5 Å². The molecule has 29 heavy (non-hydrogen) atoms. The monoisotopic (exact) mass is 386 g/mol. The summed E-state index contributed by atoms with van der Waals surface area (Å²) in [6.07, 6.45) is 4.19. The predicted octanol–water partition coefficient (Wildman–Crippen LogP) is 1.98. The second-order valence-corrected chi connectivity index (χ2v) is 7.31. The van der Waals surface area contributed by atoms with Gasteiger partial charge in [-0.1, -0.05) is 30.3 Å². The third kappa shape index (κ3) is 3.45. The maximum absolute atomic E-state index is 12.5. The topological polar surface area (TPSA) is 83.0 Å². The molecule has 4 heterocycles. The number of benzene rings is 1. The highest BCUT2D eigenvalue weighted by atomic mass is 16.1. The lowest BCUT2D eigenvalue weighted by molar-refractivity contribution is 0.0940. The number of anilines is 1. The number of carbonyl (C=O) groups is 1. The van der Waals surface area contributed by atoms with Crippen LogP contribution in [0.5, 0.6) is 0 Å². The maximum atomic E-state index is 12.5. The molecule has 7 heteroatoms. The Morgan fingerprint density at radius 3 is 2.76 bits per heavy atom. The van der Waals surface area contributed by atoms with Gasteiger partial charge in [-0.15, -0.1) is 0 Å². The minimum Gasteiger partial charge on any atom is -0.353 e. The van der Waals surface area contributed by atoms with E-state index in [0.717, 1.165) is 43.0 Å². The second-order valence-electron chi connectivity index (χ2n) is 7.31. The van der Waals surface area contributed by atoms with Crippen molar-refractivity contribution in [2.75, 3.05) is 31.1 Å². The van der Waals surface area contributed by atoms with Crippen molar-refractivity contribution in [1.29, 1.82) is 0 Å². The number of carbonyl (C=O) groups excluding carboxylic acids is 1. The smallest absolute Gasteiger partial charge is 0.270 e. The van der Waals surface area contributed by atoms with E-state index in [4.69, 9.17) is 4.98 Å². The average molecular weight is 386 g/mol. The highest BCUT2D eigenvalue weighted by molar-refractivity contribution is 5.96. The van der Waals surface area contributed by atoms with Crippen molar-refractivity contribution in [2.24, 2.45) is 0 Å². The first-order valence-electron chi connectivity index (χ1n) is 9.92. The van der Waals surface area contributed by atoms with Crippen molar-refractivity contribution in [2.45, 2.75) is 12.5 Å². The van der Waals surface area contributed by atoms with Gasteiger partial charge in [0.05, 0.1) is 0 Å². The molecule has 5 rings (SSSR count). The zero-order valence-electron chi connectivity index (χ0n) is 16.0. The molecule has 1 unspecified atom stereocenters. The number of piperazine rings is 1. The van der Waals surface area contributed by atoms with E-state index in [1.165, 1.54) is 5.56 Å². The molecular formula is C22H22N6O. The Bertz CT molecular complexity index is 1020. The van der Waals surface area contributed by atoms with Crippen molar-refractivity contribution in [3.05, 3.63) is 71.7 Å². The molecular weight excluding hydrogens is 364 g/mol. The van der Waals surface area contributed by atoms with Crippen molar-refractivity contribution < 1.29 is 4.79 Å². The zero-order chi connectivity index (χ0) is 19.6. The minimum atomic E-state index is -0.130. The Morgan fingerprint density at radius 1 is 1.03 bits per heavy atom. The lowest BCUT2D eigenvalue weighted by atomic mass is 10.0. The number of fused-ring (bicyclic) bond motifs is 1. The number of hydrogen-bond acceptors (Lipinski definition) is 6. The van der Waals surface area contributed by atoms with E-state index in [2.05, 4.69) is 49.8 Å². The van der Waals surface area contributed by atoms with Crippen LogP contribution in [0.3, 0.4) is 0 Å². The zero-order valence-corrected chi connectivity index (χ0v) is 16.0. The van der Waals surface area contributed by atoms with Crippen LogP contribution < -0.4 is 15.5 Å². The summed E-state index contributed by atoms with van der Waals surface area (Å²) in [5.41, 5.74) is 3.49. The highest BCUT2D eigenvalue weighted by Gasteiger charge is 2.29. The number of nitrogens with zero attached hydrogens (tertiary/aromatic N) is 4. The van der Waals surface area contributed by atoms with Crippen LogP contribution in [0.25, 0.3) is 11.4 Å². The highest BCUT2D eigenvalue weighted by Crippen LogP contribution is 2.29. The molecule has 0 bridgehead atoms. The largest absolute Gasteiger partial charge is 0.353 e. The van der Waals surface area contributed by atoms with E-state index in [0.29, 0.717) is 18.1 Å². The van der Waals surface area contributed by atoms with Crippen LogP contribution >= 0.6 is 0 Å². The summed E-state index contributed by atoms with van der Waals surface area (Å²) in [7, 11) is 0. The van der Waals surface area contributed by atoms with Gasteiger partial charge in [0.25, 0.3) is 5.91 Å². The van der Waals surface area contributed by atoms with E-state index in [9.17, 15) is 4.79 Å². The molecule has 0 aliphatic carbocycles. The van der Waals surface area contributed by atoms with Crippen molar-refractivity contribution in [1.82, 2.24) is 25.6 Å². The molecule has 2 aliphatic heterocycles. The van der Waals surface area contributed by atoms with Gasteiger partial charge in [-0.05, 0) is 24.1 Å². The van der Waals surface area contributed by atoms with Gasteiger partial charge >= 0.3 is 0 Å². The Hall–Kier alpha value is -3.32. The number of amides is 1.